The van der Waals surface area contributed by atoms with Gasteiger partial charge in [-0.1, -0.05) is 56.1 Å². The molecule has 4 rings (SSSR count). The predicted molar refractivity (Wildman–Crippen MR) is 154 cm³/mol. The number of carbonyl (C=O) groups excluding carboxylic acids is 1. The van der Waals surface area contributed by atoms with Gasteiger partial charge in [0.1, 0.15) is 5.60 Å². The third-order valence-corrected chi connectivity index (χ3v) is 6.45. The standard InChI is InChI=1S/C16H19BrN2O2.C11H10BrClN2/c1-10(18-15(20)21-16(2,3)4)13-8-6-11-5-7-12(17)9-14(11)19-13;1-7(15-13)10-5-3-8-2-4-9(12)6-11(8)14-10/h5-10H,1-4H3,(H,18,20);2-7,15H,1H3/t10-;7-/m11/s1. The molecule has 0 aliphatic rings. The second-order valence-corrected chi connectivity index (χ2v) is 11.4. The molecule has 2 heterocycles. The van der Waals surface area contributed by atoms with Crippen LogP contribution in [0.2, 0.25) is 0 Å². The van der Waals surface area contributed by atoms with E-state index in [-0.39, 0.29) is 12.1 Å². The number of hydrogen-bond donors (Lipinski definition) is 2. The SMILES string of the molecule is C[C@@H](NC(=O)OC(C)(C)C)c1ccc2ccc(Br)cc2n1.C[C@@H](NCl)c1ccc2ccc(Br)cc2n1. The van der Waals surface area contributed by atoms with Crippen LogP contribution in [-0.4, -0.2) is 21.7 Å². The zero-order valence-corrected chi connectivity index (χ0v) is 24.7. The third-order valence-electron chi connectivity index (χ3n) is 5.14. The number of halogens is 3. The van der Waals surface area contributed by atoms with Crippen LogP contribution in [0.1, 0.15) is 58.1 Å². The molecule has 0 spiro atoms. The van der Waals surface area contributed by atoms with Crippen molar-refractivity contribution in [3.63, 3.8) is 0 Å². The number of fused-ring (bicyclic) bond motifs is 2. The number of benzene rings is 2. The largest absolute Gasteiger partial charge is 0.444 e. The number of rotatable bonds is 4. The number of carbonyl (C=O) groups is 1. The Hall–Kier alpha value is -2.26. The molecule has 2 aromatic carbocycles. The van der Waals surface area contributed by atoms with Crippen molar-refractivity contribution in [3.8, 4) is 0 Å². The van der Waals surface area contributed by atoms with Gasteiger partial charge in [0.15, 0.2) is 0 Å². The Morgan fingerprint density at radius 3 is 1.72 bits per heavy atom. The van der Waals surface area contributed by atoms with Crippen LogP contribution < -0.4 is 10.2 Å². The molecular weight excluding hydrogens is 608 g/mol. The lowest BCUT2D eigenvalue weighted by Crippen LogP contribution is -2.34. The van der Waals surface area contributed by atoms with E-state index in [9.17, 15) is 4.79 Å². The van der Waals surface area contributed by atoms with Gasteiger partial charge in [0.2, 0.25) is 0 Å². The van der Waals surface area contributed by atoms with Gasteiger partial charge in [0.05, 0.1) is 34.5 Å². The molecule has 6 nitrogen and oxygen atoms in total. The van der Waals surface area contributed by atoms with E-state index >= 15 is 0 Å². The number of ether oxygens (including phenoxy) is 1. The van der Waals surface area contributed by atoms with Gasteiger partial charge < -0.3 is 10.1 Å². The van der Waals surface area contributed by atoms with Gasteiger partial charge in [-0.15, -0.1) is 0 Å². The van der Waals surface area contributed by atoms with Gasteiger partial charge >= 0.3 is 6.09 Å². The number of hydrogen-bond acceptors (Lipinski definition) is 5. The molecule has 0 saturated heterocycles. The van der Waals surface area contributed by atoms with Crippen LogP contribution in [0.4, 0.5) is 4.79 Å². The van der Waals surface area contributed by atoms with Crippen LogP contribution in [-0.2, 0) is 4.74 Å². The number of nitrogens with one attached hydrogen (secondary N) is 2. The molecule has 0 bridgehead atoms. The lowest BCUT2D eigenvalue weighted by atomic mass is 10.1. The smallest absolute Gasteiger partial charge is 0.408 e. The van der Waals surface area contributed by atoms with Crippen molar-refractivity contribution < 1.29 is 9.53 Å². The molecular formula is C27H29Br2ClN4O2. The van der Waals surface area contributed by atoms with E-state index in [1.165, 1.54) is 0 Å². The highest BCUT2D eigenvalue weighted by Gasteiger charge is 2.19. The third kappa shape index (κ3) is 8.13. The molecule has 2 N–H and O–H groups in total. The summed E-state index contributed by atoms with van der Waals surface area (Å²) in [6.45, 7) is 9.37. The summed E-state index contributed by atoms with van der Waals surface area (Å²) in [5, 5.41) is 4.99. The predicted octanol–water partition coefficient (Wildman–Crippen LogP) is 8.38. The van der Waals surface area contributed by atoms with Crippen LogP contribution in [0.3, 0.4) is 0 Å². The van der Waals surface area contributed by atoms with Crippen molar-refractivity contribution in [2.24, 2.45) is 0 Å². The molecule has 4 aromatic rings. The Morgan fingerprint density at radius 1 is 0.833 bits per heavy atom. The monoisotopic (exact) mass is 634 g/mol. The highest BCUT2D eigenvalue weighted by molar-refractivity contribution is 9.10. The quantitative estimate of drug-likeness (QED) is 0.220. The van der Waals surface area contributed by atoms with Gasteiger partial charge in [-0.25, -0.2) is 9.63 Å². The topological polar surface area (TPSA) is 76.1 Å². The Kier molecular flexibility index (Phi) is 9.69. The van der Waals surface area contributed by atoms with Gasteiger partial charge in [0.25, 0.3) is 0 Å². The summed E-state index contributed by atoms with van der Waals surface area (Å²) in [4.78, 5) is 23.6. The molecule has 1 amide bonds. The molecule has 0 fully saturated rings. The van der Waals surface area contributed by atoms with E-state index < -0.39 is 11.7 Å². The number of amides is 1. The first-order valence-electron chi connectivity index (χ1n) is 11.4. The Balaban J connectivity index is 0.000000212. The van der Waals surface area contributed by atoms with E-state index in [0.29, 0.717) is 0 Å². The summed E-state index contributed by atoms with van der Waals surface area (Å²) >= 11 is 12.4. The summed E-state index contributed by atoms with van der Waals surface area (Å²) in [6.07, 6.45) is -0.439. The van der Waals surface area contributed by atoms with Crippen molar-refractivity contribution in [2.45, 2.75) is 52.3 Å². The van der Waals surface area contributed by atoms with E-state index in [1.54, 1.807) is 0 Å². The van der Waals surface area contributed by atoms with Gasteiger partial charge in [-0.3, -0.25) is 9.97 Å². The average molecular weight is 637 g/mol. The average Bonchev–Trinajstić information content (AvgIpc) is 2.81. The number of nitrogens with zero attached hydrogens (tertiary/aromatic N) is 2. The lowest BCUT2D eigenvalue weighted by Gasteiger charge is -2.21. The zero-order valence-electron chi connectivity index (χ0n) is 20.8. The van der Waals surface area contributed by atoms with Crippen molar-refractivity contribution in [1.29, 1.82) is 0 Å². The minimum atomic E-state index is -0.508. The van der Waals surface area contributed by atoms with E-state index in [0.717, 1.165) is 42.1 Å². The fourth-order valence-corrected chi connectivity index (χ4v) is 4.12. The fraction of sp³-hybridized carbons (Fsp3) is 0.296. The van der Waals surface area contributed by atoms with Gasteiger partial charge in [0, 0.05) is 19.7 Å². The van der Waals surface area contributed by atoms with Crippen LogP contribution in [0, 0.1) is 0 Å². The maximum absolute atomic E-state index is 11.8. The van der Waals surface area contributed by atoms with Crippen LogP contribution >= 0.6 is 43.6 Å². The minimum Gasteiger partial charge on any atom is -0.444 e. The van der Waals surface area contributed by atoms with E-state index in [1.807, 2.05) is 89.2 Å². The zero-order chi connectivity index (χ0) is 26.5. The van der Waals surface area contributed by atoms with Gasteiger partial charge in [-0.05, 0) is 82.8 Å². The first kappa shape index (κ1) is 28.3. The molecule has 0 saturated carbocycles. The van der Waals surface area contributed by atoms with Crippen molar-refractivity contribution in [3.05, 3.63) is 81.0 Å². The molecule has 0 unspecified atom stereocenters. The maximum Gasteiger partial charge on any atom is 0.408 e. The molecule has 2 aromatic heterocycles. The number of alkyl carbamates (subject to hydrolysis) is 1. The second kappa shape index (κ2) is 12.3. The number of pyridine rings is 2. The molecule has 0 aliphatic heterocycles. The molecule has 9 heteroatoms. The van der Waals surface area contributed by atoms with Crippen molar-refractivity contribution >= 4 is 71.5 Å². The summed E-state index contributed by atoms with van der Waals surface area (Å²) in [5.41, 5.74) is 3.09. The minimum absolute atomic E-state index is 0.0510. The molecule has 0 radical (unpaired) electrons. The summed E-state index contributed by atoms with van der Waals surface area (Å²) in [5.74, 6) is 0. The van der Waals surface area contributed by atoms with Crippen molar-refractivity contribution in [2.75, 3.05) is 0 Å². The fourth-order valence-electron chi connectivity index (χ4n) is 3.31. The lowest BCUT2D eigenvalue weighted by molar-refractivity contribution is 0.0507. The highest BCUT2D eigenvalue weighted by Crippen LogP contribution is 2.22. The van der Waals surface area contributed by atoms with Gasteiger partial charge in [-0.2, -0.15) is 0 Å². The normalized spacial score (nSPS) is 13.0. The van der Waals surface area contributed by atoms with Crippen LogP contribution in [0.15, 0.2) is 69.6 Å². The first-order chi connectivity index (χ1) is 16.9. The summed E-state index contributed by atoms with van der Waals surface area (Å²) in [6, 6.07) is 19.8. The Labute approximate surface area is 233 Å². The first-order valence-corrected chi connectivity index (χ1v) is 13.4. The summed E-state index contributed by atoms with van der Waals surface area (Å²) < 4.78 is 7.26. The second-order valence-electron chi connectivity index (χ2n) is 9.34. The molecule has 36 heavy (non-hydrogen) atoms. The van der Waals surface area contributed by atoms with E-state index in [2.05, 4.69) is 58.0 Å². The Bertz CT molecular complexity index is 1360. The van der Waals surface area contributed by atoms with Crippen molar-refractivity contribution in [1.82, 2.24) is 20.1 Å². The highest BCUT2D eigenvalue weighted by atomic mass is 79.9. The van der Waals surface area contributed by atoms with Crippen LogP contribution in [0.25, 0.3) is 21.8 Å². The molecule has 0 aliphatic carbocycles. The van der Waals surface area contributed by atoms with Crippen LogP contribution in [0.5, 0.6) is 0 Å². The summed E-state index contributed by atoms with van der Waals surface area (Å²) in [7, 11) is 0. The molecule has 190 valence electrons. The maximum atomic E-state index is 11.8. The Morgan fingerprint density at radius 2 is 1.28 bits per heavy atom. The molecule has 2 atom stereocenters. The number of aromatic nitrogens is 2. The van der Waals surface area contributed by atoms with E-state index in [4.69, 9.17) is 16.5 Å².